The second kappa shape index (κ2) is 8.95. The number of benzene rings is 1. The third-order valence-electron chi connectivity index (χ3n) is 3.04. The molecule has 3 heteroatoms. The highest BCUT2D eigenvalue weighted by molar-refractivity contribution is 5.20. The molecule has 18 heavy (non-hydrogen) atoms. The molecule has 0 aliphatic rings. The van der Waals surface area contributed by atoms with Crippen LogP contribution in [0.3, 0.4) is 0 Å². The van der Waals surface area contributed by atoms with Crippen LogP contribution in [-0.2, 0) is 0 Å². The minimum absolute atomic E-state index is 0.631. The smallest absolute Gasteiger partial charge is 0.119 e. The van der Waals surface area contributed by atoms with Crippen LogP contribution in [0.5, 0.6) is 5.75 Å². The Morgan fingerprint density at radius 2 is 1.89 bits per heavy atom. The van der Waals surface area contributed by atoms with Gasteiger partial charge in [0.25, 0.3) is 0 Å². The zero-order valence-electron chi connectivity index (χ0n) is 11.9. The molecule has 0 bridgehead atoms. The van der Waals surface area contributed by atoms with Gasteiger partial charge in [-0.1, -0.05) is 18.2 Å². The van der Waals surface area contributed by atoms with Crippen LogP contribution in [0, 0.1) is 0 Å². The van der Waals surface area contributed by atoms with E-state index in [4.69, 9.17) is 4.74 Å². The van der Waals surface area contributed by atoms with Crippen molar-refractivity contribution in [1.82, 2.24) is 10.2 Å². The topological polar surface area (TPSA) is 24.5 Å². The van der Waals surface area contributed by atoms with Crippen LogP contribution in [0.25, 0.3) is 0 Å². The van der Waals surface area contributed by atoms with E-state index in [0.29, 0.717) is 6.04 Å². The molecule has 0 saturated heterocycles. The van der Waals surface area contributed by atoms with Crippen molar-refractivity contribution in [3.05, 3.63) is 30.3 Å². The number of nitrogens with zero attached hydrogens (tertiary/aromatic N) is 1. The lowest BCUT2D eigenvalue weighted by molar-refractivity contribution is 0.266. The monoisotopic (exact) mass is 250 g/mol. The maximum atomic E-state index is 5.60. The van der Waals surface area contributed by atoms with Crippen LogP contribution < -0.4 is 10.1 Å². The van der Waals surface area contributed by atoms with E-state index < -0.39 is 0 Å². The number of hydrogen-bond acceptors (Lipinski definition) is 3. The van der Waals surface area contributed by atoms with Crippen molar-refractivity contribution < 1.29 is 4.74 Å². The lowest BCUT2D eigenvalue weighted by atomic mass is 10.3. The highest BCUT2D eigenvalue weighted by Crippen LogP contribution is 2.07. The lowest BCUT2D eigenvalue weighted by Gasteiger charge is -2.20. The minimum Gasteiger partial charge on any atom is -0.492 e. The zero-order chi connectivity index (χ0) is 13.2. The van der Waals surface area contributed by atoms with Crippen LogP contribution in [0.1, 0.15) is 20.3 Å². The zero-order valence-corrected chi connectivity index (χ0v) is 11.9. The van der Waals surface area contributed by atoms with Gasteiger partial charge < -0.3 is 15.0 Å². The van der Waals surface area contributed by atoms with Crippen LogP contribution in [-0.4, -0.2) is 44.2 Å². The normalized spacial score (nSPS) is 11.2. The molecular formula is C15H26N2O. The standard InChI is InChI=1S/C15H26N2O/c1-14(2)17(3)12-7-10-16-11-13-18-15-8-5-4-6-9-15/h4-6,8-9,14,16H,7,10-13H2,1-3H3. The van der Waals surface area contributed by atoms with Crippen LogP contribution in [0.4, 0.5) is 0 Å². The van der Waals surface area contributed by atoms with Crippen LogP contribution in [0.2, 0.25) is 0 Å². The van der Waals surface area contributed by atoms with Gasteiger partial charge >= 0.3 is 0 Å². The van der Waals surface area contributed by atoms with Gasteiger partial charge in [-0.05, 0) is 52.5 Å². The van der Waals surface area contributed by atoms with Gasteiger partial charge in [-0.15, -0.1) is 0 Å². The number of rotatable bonds is 9. The summed E-state index contributed by atoms with van der Waals surface area (Å²) in [6.45, 7) is 8.27. The Hall–Kier alpha value is -1.06. The summed E-state index contributed by atoms with van der Waals surface area (Å²) in [6.07, 6.45) is 1.18. The second-order valence-corrected chi connectivity index (χ2v) is 4.84. The second-order valence-electron chi connectivity index (χ2n) is 4.84. The molecule has 1 aromatic rings. The quantitative estimate of drug-likeness (QED) is 0.681. The lowest BCUT2D eigenvalue weighted by Crippen LogP contribution is -2.30. The summed E-state index contributed by atoms with van der Waals surface area (Å²) < 4.78 is 5.60. The number of hydrogen-bond donors (Lipinski definition) is 1. The molecule has 1 aromatic carbocycles. The van der Waals surface area contributed by atoms with E-state index in [1.54, 1.807) is 0 Å². The van der Waals surface area contributed by atoms with E-state index in [9.17, 15) is 0 Å². The van der Waals surface area contributed by atoms with Gasteiger partial charge in [0.15, 0.2) is 0 Å². The third-order valence-corrected chi connectivity index (χ3v) is 3.04. The van der Waals surface area contributed by atoms with E-state index in [2.05, 4.69) is 31.1 Å². The van der Waals surface area contributed by atoms with E-state index in [1.807, 2.05) is 30.3 Å². The van der Waals surface area contributed by atoms with Gasteiger partial charge in [-0.2, -0.15) is 0 Å². The summed E-state index contributed by atoms with van der Waals surface area (Å²) in [7, 11) is 2.17. The maximum absolute atomic E-state index is 5.60. The van der Waals surface area contributed by atoms with Gasteiger partial charge in [0.05, 0.1) is 0 Å². The fourth-order valence-corrected chi connectivity index (χ4v) is 1.59. The van der Waals surface area contributed by atoms with Crippen LogP contribution in [0.15, 0.2) is 30.3 Å². The molecule has 0 atom stereocenters. The van der Waals surface area contributed by atoms with Crippen molar-refractivity contribution in [2.75, 3.05) is 33.3 Å². The first-order chi connectivity index (χ1) is 8.70. The molecule has 0 radical (unpaired) electrons. The molecule has 3 nitrogen and oxygen atoms in total. The molecule has 0 amide bonds. The molecule has 0 heterocycles. The number of nitrogens with one attached hydrogen (secondary N) is 1. The van der Waals surface area contributed by atoms with Crippen LogP contribution >= 0.6 is 0 Å². The summed E-state index contributed by atoms with van der Waals surface area (Å²) in [5.74, 6) is 0.943. The Bertz CT molecular complexity index is 301. The Morgan fingerprint density at radius 3 is 2.56 bits per heavy atom. The molecule has 0 aliphatic carbocycles. The summed E-state index contributed by atoms with van der Waals surface area (Å²) in [5, 5.41) is 3.40. The van der Waals surface area contributed by atoms with Crippen molar-refractivity contribution in [2.24, 2.45) is 0 Å². The van der Waals surface area contributed by atoms with E-state index >= 15 is 0 Å². The highest BCUT2D eigenvalue weighted by Gasteiger charge is 2.01. The Balaban J connectivity index is 1.93. The Kier molecular flexibility index (Phi) is 7.46. The number of ether oxygens (including phenoxy) is 1. The fourth-order valence-electron chi connectivity index (χ4n) is 1.59. The molecule has 102 valence electrons. The van der Waals surface area contributed by atoms with Gasteiger partial charge in [0, 0.05) is 12.6 Å². The van der Waals surface area contributed by atoms with Crippen molar-refractivity contribution in [1.29, 1.82) is 0 Å². The predicted octanol–water partition coefficient (Wildman–Crippen LogP) is 2.39. The largest absolute Gasteiger partial charge is 0.492 e. The molecule has 0 spiro atoms. The van der Waals surface area contributed by atoms with Gasteiger partial charge in [-0.25, -0.2) is 0 Å². The molecular weight excluding hydrogens is 224 g/mol. The average molecular weight is 250 g/mol. The summed E-state index contributed by atoms with van der Waals surface area (Å²) in [5.41, 5.74) is 0. The van der Waals surface area contributed by atoms with Crippen molar-refractivity contribution >= 4 is 0 Å². The fraction of sp³-hybridized carbons (Fsp3) is 0.600. The summed E-state index contributed by atoms with van der Waals surface area (Å²) >= 11 is 0. The molecule has 0 aromatic heterocycles. The third kappa shape index (κ3) is 6.62. The summed E-state index contributed by atoms with van der Waals surface area (Å²) in [4.78, 5) is 2.36. The molecule has 0 fully saturated rings. The molecule has 0 aliphatic heterocycles. The van der Waals surface area contributed by atoms with Gasteiger partial charge in [0.1, 0.15) is 12.4 Å². The van der Waals surface area contributed by atoms with Crippen molar-refractivity contribution in [3.63, 3.8) is 0 Å². The summed E-state index contributed by atoms with van der Waals surface area (Å²) in [6, 6.07) is 10.6. The van der Waals surface area contributed by atoms with Gasteiger partial charge in [0.2, 0.25) is 0 Å². The molecule has 0 saturated carbocycles. The Morgan fingerprint density at radius 1 is 1.17 bits per heavy atom. The average Bonchev–Trinajstić information content (AvgIpc) is 2.38. The van der Waals surface area contributed by atoms with Crippen molar-refractivity contribution in [3.8, 4) is 5.75 Å². The molecule has 1 N–H and O–H groups in total. The minimum atomic E-state index is 0.631. The maximum Gasteiger partial charge on any atom is 0.119 e. The Labute approximate surface area is 111 Å². The van der Waals surface area contributed by atoms with Crippen molar-refractivity contribution in [2.45, 2.75) is 26.3 Å². The molecule has 0 unspecified atom stereocenters. The predicted molar refractivity (Wildman–Crippen MR) is 77.2 cm³/mol. The first-order valence-corrected chi connectivity index (χ1v) is 6.79. The van der Waals surface area contributed by atoms with E-state index in [-0.39, 0.29) is 0 Å². The SMILES string of the molecule is CC(C)N(C)CCCNCCOc1ccccc1. The van der Waals surface area contributed by atoms with E-state index in [1.165, 1.54) is 6.42 Å². The van der Waals surface area contributed by atoms with E-state index in [0.717, 1.165) is 32.0 Å². The number of para-hydroxylation sites is 1. The molecule has 1 rings (SSSR count). The first-order valence-electron chi connectivity index (χ1n) is 6.79. The highest BCUT2D eigenvalue weighted by atomic mass is 16.5. The van der Waals surface area contributed by atoms with Gasteiger partial charge in [-0.3, -0.25) is 0 Å². The first kappa shape index (κ1) is 15.0.